The summed E-state index contributed by atoms with van der Waals surface area (Å²) in [7, 11) is 3.44. The van der Waals surface area contributed by atoms with Gasteiger partial charge >= 0.3 is 0 Å². The van der Waals surface area contributed by atoms with Crippen LogP contribution in [0.3, 0.4) is 0 Å². The van der Waals surface area contributed by atoms with Crippen LogP contribution in [0, 0.1) is 0 Å². The third-order valence-electron chi connectivity index (χ3n) is 2.82. The van der Waals surface area contributed by atoms with Crippen molar-refractivity contribution in [2.24, 2.45) is 0 Å². The third-order valence-corrected chi connectivity index (χ3v) is 2.82. The van der Waals surface area contributed by atoms with E-state index in [2.05, 4.69) is 24.4 Å². The summed E-state index contributed by atoms with van der Waals surface area (Å²) in [6.07, 6.45) is 2.25. The number of methoxy groups -OCH3 is 2. The molecule has 3 heteroatoms. The van der Waals surface area contributed by atoms with Crippen LogP contribution in [0.15, 0.2) is 24.3 Å². The summed E-state index contributed by atoms with van der Waals surface area (Å²) in [5.41, 5.74) is 1.26. The predicted molar refractivity (Wildman–Crippen MR) is 70.5 cm³/mol. The third kappa shape index (κ3) is 5.20. The van der Waals surface area contributed by atoms with Crippen molar-refractivity contribution < 1.29 is 9.47 Å². The minimum atomic E-state index is 0.354. The first kappa shape index (κ1) is 14.0. The van der Waals surface area contributed by atoms with Crippen molar-refractivity contribution in [1.82, 2.24) is 5.32 Å². The van der Waals surface area contributed by atoms with E-state index in [0.717, 1.165) is 31.7 Å². The Hall–Kier alpha value is -1.06. The van der Waals surface area contributed by atoms with Gasteiger partial charge in [-0.15, -0.1) is 0 Å². The SMILES string of the molecule is COCCCCN[C@@H](C)c1cccc(OC)c1. The van der Waals surface area contributed by atoms with E-state index in [1.807, 2.05) is 12.1 Å². The number of hydrogen-bond donors (Lipinski definition) is 1. The average Bonchev–Trinajstić information content (AvgIpc) is 2.38. The van der Waals surface area contributed by atoms with E-state index in [9.17, 15) is 0 Å². The fourth-order valence-corrected chi connectivity index (χ4v) is 1.72. The minimum Gasteiger partial charge on any atom is -0.497 e. The van der Waals surface area contributed by atoms with Crippen molar-refractivity contribution in [3.8, 4) is 5.75 Å². The van der Waals surface area contributed by atoms with Gasteiger partial charge in [0.1, 0.15) is 5.75 Å². The van der Waals surface area contributed by atoms with Gasteiger partial charge < -0.3 is 14.8 Å². The second-order valence-electron chi connectivity index (χ2n) is 4.15. The smallest absolute Gasteiger partial charge is 0.119 e. The zero-order valence-corrected chi connectivity index (χ0v) is 11.0. The zero-order chi connectivity index (χ0) is 12.5. The standard InChI is InChI=1S/C14H23NO2/c1-12(15-9-4-5-10-16-2)13-7-6-8-14(11-13)17-3/h6-8,11-12,15H,4-5,9-10H2,1-3H3/t12-/m0/s1. The van der Waals surface area contributed by atoms with Crippen molar-refractivity contribution >= 4 is 0 Å². The molecule has 0 bridgehead atoms. The largest absolute Gasteiger partial charge is 0.497 e. The topological polar surface area (TPSA) is 30.5 Å². The molecule has 0 saturated heterocycles. The lowest BCUT2D eigenvalue weighted by molar-refractivity contribution is 0.192. The maximum atomic E-state index is 5.22. The van der Waals surface area contributed by atoms with Crippen molar-refractivity contribution in [3.63, 3.8) is 0 Å². The molecule has 1 rings (SSSR count). The Morgan fingerprint density at radius 1 is 1.24 bits per heavy atom. The Kier molecular flexibility index (Phi) is 6.67. The first-order valence-corrected chi connectivity index (χ1v) is 6.14. The van der Waals surface area contributed by atoms with Gasteiger partial charge in [0.25, 0.3) is 0 Å². The van der Waals surface area contributed by atoms with Gasteiger partial charge in [-0.3, -0.25) is 0 Å². The molecule has 0 saturated carbocycles. The summed E-state index contributed by atoms with van der Waals surface area (Å²) in [4.78, 5) is 0. The quantitative estimate of drug-likeness (QED) is 0.705. The lowest BCUT2D eigenvalue weighted by Crippen LogP contribution is -2.20. The molecule has 0 aliphatic carbocycles. The molecule has 1 aromatic rings. The maximum absolute atomic E-state index is 5.22. The van der Waals surface area contributed by atoms with E-state index in [1.165, 1.54) is 5.56 Å². The van der Waals surface area contributed by atoms with Gasteiger partial charge in [-0.05, 0) is 44.0 Å². The number of ether oxygens (including phenoxy) is 2. The number of unbranched alkanes of at least 4 members (excludes halogenated alkanes) is 1. The molecule has 1 aromatic carbocycles. The van der Waals surface area contributed by atoms with Gasteiger partial charge in [-0.2, -0.15) is 0 Å². The molecule has 96 valence electrons. The fraction of sp³-hybridized carbons (Fsp3) is 0.571. The van der Waals surface area contributed by atoms with Gasteiger partial charge in [-0.25, -0.2) is 0 Å². The molecule has 17 heavy (non-hydrogen) atoms. The molecule has 0 fully saturated rings. The summed E-state index contributed by atoms with van der Waals surface area (Å²) >= 11 is 0. The van der Waals surface area contributed by atoms with Crippen LogP contribution >= 0.6 is 0 Å². The highest BCUT2D eigenvalue weighted by molar-refractivity contribution is 5.30. The fourth-order valence-electron chi connectivity index (χ4n) is 1.72. The summed E-state index contributed by atoms with van der Waals surface area (Å²) in [5.74, 6) is 0.913. The summed E-state index contributed by atoms with van der Waals surface area (Å²) in [6, 6.07) is 8.54. The molecular weight excluding hydrogens is 214 g/mol. The Morgan fingerprint density at radius 2 is 2.06 bits per heavy atom. The van der Waals surface area contributed by atoms with E-state index >= 15 is 0 Å². The highest BCUT2D eigenvalue weighted by atomic mass is 16.5. The number of benzene rings is 1. The Bertz CT molecular complexity index is 315. The van der Waals surface area contributed by atoms with E-state index in [4.69, 9.17) is 9.47 Å². The first-order valence-electron chi connectivity index (χ1n) is 6.14. The van der Waals surface area contributed by atoms with Crippen LogP contribution in [0.25, 0.3) is 0 Å². The van der Waals surface area contributed by atoms with Crippen LogP contribution in [-0.4, -0.2) is 27.4 Å². The van der Waals surface area contributed by atoms with Crippen LogP contribution in [0.5, 0.6) is 5.75 Å². The van der Waals surface area contributed by atoms with Gasteiger partial charge in [0.2, 0.25) is 0 Å². The van der Waals surface area contributed by atoms with Crippen molar-refractivity contribution in [2.45, 2.75) is 25.8 Å². The molecule has 0 aromatic heterocycles. The summed E-state index contributed by atoms with van der Waals surface area (Å²) in [5, 5.41) is 3.50. The Balaban J connectivity index is 2.33. The van der Waals surface area contributed by atoms with Crippen molar-refractivity contribution in [2.75, 3.05) is 27.4 Å². The lowest BCUT2D eigenvalue weighted by atomic mass is 10.1. The molecule has 1 atom stereocenters. The first-order chi connectivity index (χ1) is 8.27. The monoisotopic (exact) mass is 237 g/mol. The van der Waals surface area contributed by atoms with Crippen LogP contribution in [0.2, 0.25) is 0 Å². The van der Waals surface area contributed by atoms with E-state index < -0.39 is 0 Å². The molecule has 0 amide bonds. The molecule has 0 radical (unpaired) electrons. The van der Waals surface area contributed by atoms with Crippen molar-refractivity contribution in [1.29, 1.82) is 0 Å². The van der Waals surface area contributed by atoms with Crippen LogP contribution < -0.4 is 10.1 Å². The van der Waals surface area contributed by atoms with Gasteiger partial charge in [0.05, 0.1) is 7.11 Å². The highest BCUT2D eigenvalue weighted by Gasteiger charge is 2.04. The summed E-state index contributed by atoms with van der Waals surface area (Å²) < 4.78 is 10.2. The Morgan fingerprint density at radius 3 is 2.76 bits per heavy atom. The lowest BCUT2D eigenvalue weighted by Gasteiger charge is -2.15. The predicted octanol–water partition coefficient (Wildman–Crippen LogP) is 2.77. The molecule has 0 aliphatic heterocycles. The number of rotatable bonds is 8. The molecule has 3 nitrogen and oxygen atoms in total. The second-order valence-corrected chi connectivity index (χ2v) is 4.15. The zero-order valence-electron chi connectivity index (χ0n) is 11.0. The van der Waals surface area contributed by atoms with Crippen LogP contribution in [0.1, 0.15) is 31.4 Å². The van der Waals surface area contributed by atoms with Gasteiger partial charge in [0.15, 0.2) is 0 Å². The van der Waals surface area contributed by atoms with E-state index in [1.54, 1.807) is 14.2 Å². The van der Waals surface area contributed by atoms with E-state index in [0.29, 0.717) is 6.04 Å². The maximum Gasteiger partial charge on any atom is 0.119 e. The average molecular weight is 237 g/mol. The highest BCUT2D eigenvalue weighted by Crippen LogP contribution is 2.18. The second kappa shape index (κ2) is 8.09. The molecular formula is C14H23NO2. The normalized spacial score (nSPS) is 12.4. The van der Waals surface area contributed by atoms with Gasteiger partial charge in [0, 0.05) is 19.8 Å². The number of hydrogen-bond acceptors (Lipinski definition) is 3. The Labute approximate surface area is 104 Å². The van der Waals surface area contributed by atoms with Crippen molar-refractivity contribution in [3.05, 3.63) is 29.8 Å². The molecule has 1 N–H and O–H groups in total. The van der Waals surface area contributed by atoms with E-state index in [-0.39, 0.29) is 0 Å². The van der Waals surface area contributed by atoms with Crippen LogP contribution in [-0.2, 0) is 4.74 Å². The molecule has 0 unspecified atom stereocenters. The minimum absolute atomic E-state index is 0.354. The molecule has 0 heterocycles. The number of nitrogens with one attached hydrogen (secondary N) is 1. The van der Waals surface area contributed by atoms with Crippen LogP contribution in [0.4, 0.5) is 0 Å². The molecule has 0 aliphatic rings. The molecule has 0 spiro atoms. The van der Waals surface area contributed by atoms with Gasteiger partial charge in [-0.1, -0.05) is 12.1 Å². The summed E-state index contributed by atoms with van der Waals surface area (Å²) in [6.45, 7) is 4.03.